The monoisotopic (exact) mass is 147 g/mol. The summed E-state index contributed by atoms with van der Waals surface area (Å²) in [5.74, 6) is -1.07. The van der Waals surface area contributed by atoms with Gasteiger partial charge in [0.05, 0.1) is 0 Å². The number of nitrogens with zero attached hydrogens (tertiary/aromatic N) is 1. The van der Waals surface area contributed by atoms with Gasteiger partial charge in [-0.3, -0.25) is 0 Å². The highest BCUT2D eigenvalue weighted by Gasteiger charge is 2.28. The Bertz CT molecular complexity index is 74.8. The minimum absolute atomic E-state index is 0.0322. The van der Waals surface area contributed by atoms with Crippen LogP contribution in [0.3, 0.4) is 0 Å². The van der Waals surface area contributed by atoms with Crippen molar-refractivity contribution in [2.24, 2.45) is 0 Å². The first kappa shape index (κ1) is 9.84. The molecule has 0 aliphatic carbocycles. The quantitative estimate of drug-likeness (QED) is 0.516. The second-order valence-electron chi connectivity index (χ2n) is 1.77. The topological polar surface area (TPSA) is 50.0 Å². The van der Waals surface area contributed by atoms with Gasteiger partial charge >= 0.3 is 0 Å². The van der Waals surface area contributed by atoms with Crippen molar-refractivity contribution < 1.29 is 14.2 Å². The van der Waals surface area contributed by atoms with Crippen LogP contribution >= 0.6 is 0 Å². The minimum atomic E-state index is -1.07. The fraction of sp³-hybridized carbons (Fsp3) is 1.00. The third-order valence-electron chi connectivity index (χ3n) is 1.35. The van der Waals surface area contributed by atoms with E-state index in [2.05, 4.69) is 0 Å². The Morgan fingerprint density at radius 1 is 1.10 bits per heavy atom. The largest absolute Gasteiger partial charge is 0.331 e. The summed E-state index contributed by atoms with van der Waals surface area (Å²) in [7, 11) is 4.38. The molecule has 0 spiro atoms. The third-order valence-corrected chi connectivity index (χ3v) is 1.35. The van der Waals surface area contributed by atoms with E-state index in [0.29, 0.717) is 6.42 Å². The third kappa shape index (κ3) is 2.22. The molecule has 0 saturated carbocycles. The molecule has 0 amide bonds. The van der Waals surface area contributed by atoms with Gasteiger partial charge < -0.3 is 14.2 Å². The van der Waals surface area contributed by atoms with Gasteiger partial charge in [0, 0.05) is 34.3 Å². The maximum absolute atomic E-state index is 8.56. The smallest absolute Gasteiger partial charge is 0.283 e. The zero-order valence-corrected chi connectivity index (χ0v) is 6.59. The van der Waals surface area contributed by atoms with Gasteiger partial charge in [0.2, 0.25) is 0 Å². The molecular weight excluding hydrogens is 134 g/mol. The molecule has 0 aromatic rings. The lowest BCUT2D eigenvalue weighted by Gasteiger charge is -2.27. The van der Waals surface area contributed by atoms with Gasteiger partial charge in [-0.1, -0.05) is 0 Å². The van der Waals surface area contributed by atoms with Gasteiger partial charge in [-0.2, -0.15) is 0 Å². The van der Waals surface area contributed by atoms with Crippen LogP contribution in [0.5, 0.6) is 0 Å². The lowest BCUT2D eigenvalue weighted by atomic mass is 10.4. The predicted molar refractivity (Wildman–Crippen MR) is 35.4 cm³/mol. The van der Waals surface area contributed by atoms with E-state index in [4.69, 9.17) is 19.9 Å². The van der Waals surface area contributed by atoms with Gasteiger partial charge in [0.15, 0.2) is 0 Å². The van der Waals surface area contributed by atoms with Crippen molar-refractivity contribution in [3.8, 4) is 0 Å². The number of methoxy groups -OCH3 is 3. The molecule has 0 aliphatic heterocycles. The summed E-state index contributed by atoms with van der Waals surface area (Å²) in [6.07, 6.45) is 0.302. The molecule has 0 aromatic heterocycles. The molecule has 10 heavy (non-hydrogen) atoms. The van der Waals surface area contributed by atoms with Gasteiger partial charge in [0.1, 0.15) is 0 Å². The van der Waals surface area contributed by atoms with Crippen LogP contribution in [0.25, 0.3) is 0 Å². The van der Waals surface area contributed by atoms with Crippen molar-refractivity contribution >= 4 is 0 Å². The summed E-state index contributed by atoms with van der Waals surface area (Å²) < 4.78 is 14.6. The van der Waals surface area contributed by atoms with Crippen molar-refractivity contribution in [3.05, 3.63) is 0 Å². The molecule has 0 aromatic carbocycles. The summed E-state index contributed by atoms with van der Waals surface area (Å²) in [6, 6.07) is 0. The van der Waals surface area contributed by atoms with Gasteiger partial charge in [0.25, 0.3) is 5.97 Å². The minimum Gasteiger partial charge on any atom is -0.331 e. The van der Waals surface area contributed by atoms with Crippen LogP contribution in [0.1, 0.15) is 6.42 Å². The predicted octanol–water partition coefficient (Wildman–Crippen LogP) is 0.0382. The van der Waals surface area contributed by atoms with E-state index in [-0.39, 0.29) is 6.54 Å². The fourth-order valence-electron chi connectivity index (χ4n) is 0.693. The maximum atomic E-state index is 8.56. The van der Waals surface area contributed by atoms with E-state index in [1.807, 2.05) is 0 Å². The molecule has 0 heterocycles. The first-order chi connectivity index (χ1) is 4.74. The van der Waals surface area contributed by atoms with Crippen molar-refractivity contribution in [3.63, 3.8) is 0 Å². The summed E-state index contributed by atoms with van der Waals surface area (Å²) in [4.78, 5) is 0. The average molecular weight is 147 g/mol. The number of ether oxygens (including phenoxy) is 3. The Labute approximate surface area is 61.2 Å². The maximum Gasteiger partial charge on any atom is 0.283 e. The molecule has 0 saturated heterocycles. The van der Waals surface area contributed by atoms with E-state index >= 15 is 0 Å². The lowest BCUT2D eigenvalue weighted by molar-refractivity contribution is -0.353. The molecule has 4 nitrogen and oxygen atoms in total. The highest BCUT2D eigenvalue weighted by Crippen LogP contribution is 2.15. The zero-order chi connectivity index (χ0) is 8.04. The highest BCUT2D eigenvalue weighted by molar-refractivity contribution is 4.54. The van der Waals surface area contributed by atoms with Gasteiger partial charge in [-0.25, -0.2) is 0 Å². The molecular formula is C6H13NO3. The molecule has 0 fully saturated rings. The molecule has 0 N–H and O–H groups in total. The van der Waals surface area contributed by atoms with Crippen LogP contribution in [0, 0.1) is 0 Å². The number of rotatable bonds is 5. The van der Waals surface area contributed by atoms with E-state index in [1.54, 1.807) is 0 Å². The van der Waals surface area contributed by atoms with Crippen LogP contribution in [-0.4, -0.2) is 33.8 Å². The second kappa shape index (κ2) is 4.62. The Morgan fingerprint density at radius 2 is 1.50 bits per heavy atom. The molecule has 0 rings (SSSR count). The molecule has 2 radical (unpaired) electrons. The first-order valence-corrected chi connectivity index (χ1v) is 3.01. The van der Waals surface area contributed by atoms with Gasteiger partial charge in [-0.15, -0.1) is 5.73 Å². The molecule has 0 atom stereocenters. The van der Waals surface area contributed by atoms with Crippen LogP contribution < -0.4 is 5.73 Å². The molecule has 60 valence electrons. The molecule has 4 heteroatoms. The zero-order valence-electron chi connectivity index (χ0n) is 6.59. The van der Waals surface area contributed by atoms with Crippen LogP contribution in [0.15, 0.2) is 0 Å². The first-order valence-electron chi connectivity index (χ1n) is 3.01. The second-order valence-corrected chi connectivity index (χ2v) is 1.77. The molecule has 0 bridgehead atoms. The van der Waals surface area contributed by atoms with Crippen molar-refractivity contribution in [1.82, 2.24) is 5.73 Å². The Balaban J connectivity index is 3.87. The normalized spacial score (nSPS) is 12.0. The molecule has 0 aliphatic rings. The standard InChI is InChI=1S/C6H13NO3/c1-8-6(9-2,10-3)4-5-7/h4-5H2,1-3H3. The summed E-state index contributed by atoms with van der Waals surface area (Å²) >= 11 is 0. The number of hydrogen-bond acceptors (Lipinski definition) is 3. The van der Waals surface area contributed by atoms with Crippen LogP contribution in [0.2, 0.25) is 0 Å². The van der Waals surface area contributed by atoms with Crippen LogP contribution in [-0.2, 0) is 14.2 Å². The summed E-state index contributed by atoms with van der Waals surface area (Å²) in [5, 5.41) is 0. The van der Waals surface area contributed by atoms with Crippen molar-refractivity contribution in [1.29, 1.82) is 0 Å². The fourth-order valence-corrected chi connectivity index (χ4v) is 0.693. The van der Waals surface area contributed by atoms with E-state index in [1.165, 1.54) is 21.3 Å². The Morgan fingerprint density at radius 3 is 1.60 bits per heavy atom. The summed E-state index contributed by atoms with van der Waals surface area (Å²) in [6.45, 7) is -0.0322. The van der Waals surface area contributed by atoms with Gasteiger partial charge in [-0.05, 0) is 0 Å². The van der Waals surface area contributed by atoms with Crippen LogP contribution in [0.4, 0.5) is 0 Å². The van der Waals surface area contributed by atoms with E-state index in [9.17, 15) is 0 Å². The lowest BCUT2D eigenvalue weighted by Crippen LogP contribution is -2.37. The summed E-state index contributed by atoms with van der Waals surface area (Å²) in [5.41, 5.74) is 8.56. The van der Waals surface area contributed by atoms with Crippen molar-refractivity contribution in [2.45, 2.75) is 12.4 Å². The Kier molecular flexibility index (Phi) is 4.55. The van der Waals surface area contributed by atoms with E-state index < -0.39 is 5.97 Å². The van der Waals surface area contributed by atoms with Crippen molar-refractivity contribution in [2.75, 3.05) is 27.9 Å². The molecule has 0 unspecified atom stereocenters. The Hall–Kier alpha value is -0.160. The highest BCUT2D eigenvalue weighted by atomic mass is 16.9. The average Bonchev–Trinajstić information content (AvgIpc) is 2.01. The SMILES string of the molecule is COC(CC[N])(OC)OC. The van der Waals surface area contributed by atoms with E-state index in [0.717, 1.165) is 0 Å². The number of hydrogen-bond donors (Lipinski definition) is 0.